The number of unbranched alkanes of at least 4 members (excludes halogenated alkanes) is 1. The fourth-order valence-electron chi connectivity index (χ4n) is 3.53. The highest BCUT2D eigenvalue weighted by Gasteiger charge is 2.15. The molecule has 0 saturated carbocycles. The van der Waals surface area contributed by atoms with Crippen molar-refractivity contribution in [2.75, 3.05) is 7.11 Å². The Hall–Kier alpha value is -3.31. The number of methoxy groups -OCH3 is 1. The fourth-order valence-corrected chi connectivity index (χ4v) is 3.53. The van der Waals surface area contributed by atoms with Crippen molar-refractivity contribution in [2.24, 2.45) is 0 Å². The number of benzene rings is 2. The van der Waals surface area contributed by atoms with Crippen LogP contribution in [-0.4, -0.2) is 17.3 Å². The zero-order valence-electron chi connectivity index (χ0n) is 18.9. The van der Waals surface area contributed by atoms with Crippen molar-refractivity contribution in [1.82, 2.24) is 10.1 Å². The van der Waals surface area contributed by atoms with Crippen molar-refractivity contribution < 1.29 is 13.7 Å². The van der Waals surface area contributed by atoms with Crippen LogP contribution in [0.3, 0.4) is 0 Å². The van der Waals surface area contributed by atoms with Crippen LogP contribution in [-0.2, 0) is 17.8 Å². The maximum Gasteiger partial charge on any atom is 0.258 e. The van der Waals surface area contributed by atoms with E-state index < -0.39 is 5.83 Å². The Morgan fingerprint density at radius 2 is 1.88 bits per heavy atom. The molecule has 4 nitrogen and oxygen atoms in total. The molecule has 5 heteroatoms. The standard InChI is InChI=1S/C27H29FN2O2/c1-5-7-10-21(14-13-19(3)28)26-29-27(32-30-26)22-15-16-25(23(17-22)18-31-4)24-12-9-8-11-20(24)6-2/h8-17H,3,5-7,18H2,1-2,4H3/b14-13-,21-10+. The Morgan fingerprint density at radius 1 is 1.09 bits per heavy atom. The Morgan fingerprint density at radius 3 is 2.59 bits per heavy atom. The topological polar surface area (TPSA) is 48.2 Å². The number of nitrogens with zero attached hydrogens (tertiary/aromatic N) is 2. The summed E-state index contributed by atoms with van der Waals surface area (Å²) in [4.78, 5) is 4.56. The summed E-state index contributed by atoms with van der Waals surface area (Å²) in [5, 5.41) is 4.12. The number of halogens is 1. The SMILES string of the molecule is C=C(F)/C=C\C(=C/CCC)c1noc(-c2ccc(-c3ccccc3CC)c(COC)c2)n1. The first-order valence-corrected chi connectivity index (χ1v) is 10.8. The highest BCUT2D eigenvalue weighted by Crippen LogP contribution is 2.32. The highest BCUT2D eigenvalue weighted by molar-refractivity contribution is 5.75. The number of rotatable bonds is 10. The van der Waals surface area contributed by atoms with Crippen molar-refractivity contribution in [3.05, 3.63) is 90.0 Å². The van der Waals surface area contributed by atoms with Crippen molar-refractivity contribution in [2.45, 2.75) is 39.7 Å². The van der Waals surface area contributed by atoms with Crippen LogP contribution in [0.25, 0.3) is 28.2 Å². The first kappa shape index (κ1) is 23.4. The number of hydrogen-bond donors (Lipinski definition) is 0. The zero-order valence-corrected chi connectivity index (χ0v) is 18.9. The molecule has 166 valence electrons. The molecule has 32 heavy (non-hydrogen) atoms. The Bertz CT molecular complexity index is 1130. The minimum Gasteiger partial charge on any atom is -0.380 e. The molecule has 0 fully saturated rings. The summed E-state index contributed by atoms with van der Waals surface area (Å²) in [6.07, 6.45) is 7.62. The summed E-state index contributed by atoms with van der Waals surface area (Å²) in [6, 6.07) is 14.5. The third kappa shape index (κ3) is 5.68. The maximum absolute atomic E-state index is 13.1. The summed E-state index contributed by atoms with van der Waals surface area (Å²) in [5.41, 5.74) is 6.15. The highest BCUT2D eigenvalue weighted by atomic mass is 19.1. The van der Waals surface area contributed by atoms with Crippen LogP contribution < -0.4 is 0 Å². The third-order valence-electron chi connectivity index (χ3n) is 5.12. The quantitative estimate of drug-likeness (QED) is 0.315. The second kappa shape index (κ2) is 11.3. The molecular formula is C27H29FN2O2. The molecule has 0 N–H and O–H groups in total. The van der Waals surface area contributed by atoms with Crippen LogP contribution in [0.1, 0.15) is 43.6 Å². The smallest absolute Gasteiger partial charge is 0.258 e. The number of ether oxygens (including phenoxy) is 1. The molecule has 1 heterocycles. The molecule has 0 aliphatic rings. The van der Waals surface area contributed by atoms with Crippen molar-refractivity contribution >= 4 is 5.57 Å². The van der Waals surface area contributed by atoms with Gasteiger partial charge in [0, 0.05) is 18.2 Å². The van der Waals surface area contributed by atoms with Gasteiger partial charge in [0.1, 0.15) is 5.83 Å². The molecule has 2 aromatic carbocycles. The lowest BCUT2D eigenvalue weighted by Crippen LogP contribution is -1.96. The van der Waals surface area contributed by atoms with E-state index >= 15 is 0 Å². The Kier molecular flexibility index (Phi) is 8.28. The predicted octanol–water partition coefficient (Wildman–Crippen LogP) is 7.34. The van der Waals surface area contributed by atoms with Gasteiger partial charge in [0.25, 0.3) is 5.89 Å². The van der Waals surface area contributed by atoms with Crippen molar-refractivity contribution in [1.29, 1.82) is 0 Å². The molecule has 0 aliphatic carbocycles. The van der Waals surface area contributed by atoms with Crippen molar-refractivity contribution in [3.8, 4) is 22.6 Å². The van der Waals surface area contributed by atoms with E-state index in [9.17, 15) is 4.39 Å². The second-order valence-corrected chi connectivity index (χ2v) is 7.47. The van der Waals surface area contributed by atoms with Gasteiger partial charge in [-0.2, -0.15) is 4.98 Å². The second-order valence-electron chi connectivity index (χ2n) is 7.47. The molecule has 0 aliphatic heterocycles. The largest absolute Gasteiger partial charge is 0.380 e. The van der Waals surface area contributed by atoms with E-state index in [0.29, 0.717) is 23.9 Å². The molecule has 3 rings (SSSR count). The molecule has 0 bridgehead atoms. The molecule has 0 atom stereocenters. The normalized spacial score (nSPS) is 11.9. The van der Waals surface area contributed by atoms with E-state index in [-0.39, 0.29) is 0 Å². The molecular weight excluding hydrogens is 403 g/mol. The molecule has 3 aromatic rings. The van der Waals surface area contributed by atoms with E-state index in [0.717, 1.165) is 36.0 Å². The van der Waals surface area contributed by atoms with Gasteiger partial charge < -0.3 is 9.26 Å². The van der Waals surface area contributed by atoms with Crippen molar-refractivity contribution in [3.63, 3.8) is 0 Å². The number of allylic oxidation sites excluding steroid dienone is 5. The summed E-state index contributed by atoms with van der Waals surface area (Å²) >= 11 is 0. The van der Waals surface area contributed by atoms with Gasteiger partial charge in [-0.15, -0.1) is 0 Å². The van der Waals surface area contributed by atoms with E-state index in [1.807, 2.05) is 24.3 Å². The maximum atomic E-state index is 13.1. The van der Waals surface area contributed by atoms with Crippen LogP contribution in [0.2, 0.25) is 0 Å². The molecule has 1 aromatic heterocycles. The molecule has 0 radical (unpaired) electrons. The fraction of sp³-hybridized carbons (Fsp3) is 0.259. The summed E-state index contributed by atoms with van der Waals surface area (Å²) in [6.45, 7) is 7.96. The lowest BCUT2D eigenvalue weighted by Gasteiger charge is -2.13. The summed E-state index contributed by atoms with van der Waals surface area (Å²) in [7, 11) is 1.68. The van der Waals surface area contributed by atoms with Gasteiger partial charge in [0.05, 0.1) is 6.61 Å². The lowest BCUT2D eigenvalue weighted by molar-refractivity contribution is 0.185. The molecule has 0 saturated heterocycles. The minimum absolute atomic E-state index is 0.405. The van der Waals surface area contributed by atoms with E-state index in [1.54, 1.807) is 13.2 Å². The average Bonchev–Trinajstić information content (AvgIpc) is 3.29. The predicted molar refractivity (Wildman–Crippen MR) is 128 cm³/mol. The first-order valence-electron chi connectivity index (χ1n) is 10.8. The van der Waals surface area contributed by atoms with Gasteiger partial charge in [-0.05, 0) is 59.4 Å². The summed E-state index contributed by atoms with van der Waals surface area (Å²) < 4.78 is 24.2. The van der Waals surface area contributed by atoms with Gasteiger partial charge in [0.2, 0.25) is 5.82 Å². The molecule has 0 unspecified atom stereocenters. The van der Waals surface area contributed by atoms with Gasteiger partial charge in [0.15, 0.2) is 0 Å². The van der Waals surface area contributed by atoms with Crippen LogP contribution in [0.15, 0.2) is 77.6 Å². The molecule has 0 spiro atoms. The van der Waals surface area contributed by atoms with Crippen LogP contribution in [0.4, 0.5) is 4.39 Å². The van der Waals surface area contributed by atoms with E-state index in [2.05, 4.69) is 54.8 Å². The minimum atomic E-state index is -0.525. The third-order valence-corrected chi connectivity index (χ3v) is 5.12. The number of aromatic nitrogens is 2. The summed E-state index contributed by atoms with van der Waals surface area (Å²) in [5.74, 6) is 0.297. The number of hydrogen-bond acceptors (Lipinski definition) is 4. The first-order chi connectivity index (χ1) is 15.6. The average molecular weight is 433 g/mol. The van der Waals surface area contributed by atoms with Crippen LogP contribution in [0.5, 0.6) is 0 Å². The van der Waals surface area contributed by atoms with Gasteiger partial charge in [-0.3, -0.25) is 0 Å². The van der Waals surface area contributed by atoms with E-state index in [4.69, 9.17) is 9.26 Å². The monoisotopic (exact) mass is 432 g/mol. The lowest BCUT2D eigenvalue weighted by atomic mass is 9.93. The molecule has 0 amide bonds. The number of aryl methyl sites for hydroxylation is 1. The van der Waals surface area contributed by atoms with Gasteiger partial charge >= 0.3 is 0 Å². The van der Waals surface area contributed by atoms with Crippen LogP contribution in [0, 0.1) is 0 Å². The van der Waals surface area contributed by atoms with Gasteiger partial charge in [-0.25, -0.2) is 4.39 Å². The Labute approximate surface area is 189 Å². The van der Waals surface area contributed by atoms with Gasteiger partial charge in [-0.1, -0.05) is 68.4 Å². The Balaban J connectivity index is 1.99. The zero-order chi connectivity index (χ0) is 22.9. The van der Waals surface area contributed by atoms with Crippen LogP contribution >= 0.6 is 0 Å². The van der Waals surface area contributed by atoms with E-state index in [1.165, 1.54) is 17.2 Å².